The Morgan fingerprint density at radius 2 is 1.95 bits per heavy atom. The third kappa shape index (κ3) is 3.60. The quantitative estimate of drug-likeness (QED) is 0.826. The minimum atomic E-state index is -4.27. The molecule has 0 spiro atoms. The van der Waals surface area contributed by atoms with Gasteiger partial charge in [0.15, 0.2) is 0 Å². The van der Waals surface area contributed by atoms with Gasteiger partial charge in [-0.3, -0.25) is 0 Å². The molecule has 1 aromatic carbocycles. The smallest absolute Gasteiger partial charge is 0.314 e. The van der Waals surface area contributed by atoms with Crippen molar-refractivity contribution in [3.8, 4) is 0 Å². The lowest BCUT2D eigenvalue weighted by atomic mass is 9.57. The van der Waals surface area contributed by atoms with Crippen LogP contribution in [0.4, 0.5) is 13.2 Å². The second kappa shape index (κ2) is 5.99. The summed E-state index contributed by atoms with van der Waals surface area (Å²) in [6.45, 7) is 7.03. The van der Waals surface area contributed by atoms with Crippen LogP contribution in [0.25, 0.3) is 0 Å². The van der Waals surface area contributed by atoms with E-state index in [1.807, 2.05) is 6.07 Å². The molecule has 21 heavy (non-hydrogen) atoms. The fraction of sp³-hybridized carbons (Fsp3) is 0.647. The van der Waals surface area contributed by atoms with E-state index in [1.54, 1.807) is 0 Å². The summed E-state index contributed by atoms with van der Waals surface area (Å²) in [5, 5.41) is 3.41. The van der Waals surface area contributed by atoms with Crippen molar-refractivity contribution in [3.05, 3.63) is 35.4 Å². The van der Waals surface area contributed by atoms with Gasteiger partial charge in [-0.25, -0.2) is 0 Å². The lowest BCUT2D eigenvalue weighted by Gasteiger charge is -2.49. The maximum atomic E-state index is 12.9. The molecule has 1 fully saturated rings. The van der Waals surface area contributed by atoms with Crippen LogP contribution in [0.2, 0.25) is 0 Å². The first-order valence-electron chi connectivity index (χ1n) is 7.68. The lowest BCUT2D eigenvalue weighted by molar-refractivity contribution is -0.137. The predicted molar refractivity (Wildman–Crippen MR) is 79.3 cm³/mol. The molecule has 0 heterocycles. The van der Waals surface area contributed by atoms with Crippen LogP contribution in [0.1, 0.15) is 51.2 Å². The third-order valence-electron chi connectivity index (χ3n) is 4.59. The Hall–Kier alpha value is -1.03. The van der Waals surface area contributed by atoms with E-state index in [0.29, 0.717) is 12.0 Å². The summed E-state index contributed by atoms with van der Waals surface area (Å²) in [4.78, 5) is 0. The Morgan fingerprint density at radius 3 is 2.48 bits per heavy atom. The highest BCUT2D eigenvalue weighted by molar-refractivity contribution is 5.34. The molecule has 1 aliphatic rings. The van der Waals surface area contributed by atoms with Gasteiger partial charge in [-0.2, -0.15) is 13.2 Å². The monoisotopic (exact) mass is 299 g/mol. The molecule has 1 aliphatic carbocycles. The van der Waals surface area contributed by atoms with Gasteiger partial charge < -0.3 is 5.32 Å². The average Bonchev–Trinajstić information content (AvgIpc) is 2.37. The van der Waals surface area contributed by atoms with Crippen LogP contribution < -0.4 is 5.32 Å². The van der Waals surface area contributed by atoms with Gasteiger partial charge in [0.25, 0.3) is 0 Å². The average molecular weight is 299 g/mol. The molecule has 0 radical (unpaired) electrons. The first kappa shape index (κ1) is 16.3. The fourth-order valence-corrected chi connectivity index (χ4v) is 3.24. The van der Waals surface area contributed by atoms with Gasteiger partial charge in [-0.1, -0.05) is 45.4 Å². The van der Waals surface area contributed by atoms with Crippen LogP contribution in [0.15, 0.2) is 24.3 Å². The van der Waals surface area contributed by atoms with E-state index in [1.165, 1.54) is 12.1 Å². The summed E-state index contributed by atoms with van der Waals surface area (Å²) in [7, 11) is 0. The molecule has 1 N–H and O–H groups in total. The Morgan fingerprint density at radius 1 is 1.29 bits per heavy atom. The van der Waals surface area contributed by atoms with Crippen LogP contribution in [0.5, 0.6) is 0 Å². The van der Waals surface area contributed by atoms with Crippen LogP contribution in [0, 0.1) is 5.92 Å². The van der Waals surface area contributed by atoms with E-state index in [4.69, 9.17) is 0 Å². The van der Waals surface area contributed by atoms with Gasteiger partial charge in [-0.05, 0) is 30.4 Å². The number of alkyl halides is 3. The second-order valence-corrected chi connectivity index (χ2v) is 6.58. The van der Waals surface area contributed by atoms with Gasteiger partial charge in [-0.15, -0.1) is 0 Å². The maximum Gasteiger partial charge on any atom is 0.416 e. The summed E-state index contributed by atoms with van der Waals surface area (Å²) < 4.78 is 38.8. The van der Waals surface area contributed by atoms with Crippen molar-refractivity contribution in [2.75, 3.05) is 6.54 Å². The molecule has 1 nitrogen and oxygen atoms in total. The van der Waals surface area contributed by atoms with Gasteiger partial charge >= 0.3 is 6.18 Å². The molecule has 4 heteroatoms. The second-order valence-electron chi connectivity index (χ2n) is 6.58. The van der Waals surface area contributed by atoms with E-state index in [2.05, 4.69) is 26.1 Å². The maximum absolute atomic E-state index is 12.9. The van der Waals surface area contributed by atoms with Crippen molar-refractivity contribution in [1.29, 1.82) is 0 Å². The zero-order chi connectivity index (χ0) is 15.7. The molecule has 0 amide bonds. The van der Waals surface area contributed by atoms with Gasteiger partial charge in [0.2, 0.25) is 0 Å². The first-order chi connectivity index (χ1) is 9.77. The highest BCUT2D eigenvalue weighted by atomic mass is 19.4. The van der Waals surface area contributed by atoms with Crippen molar-refractivity contribution in [2.24, 2.45) is 5.92 Å². The number of benzene rings is 1. The topological polar surface area (TPSA) is 12.0 Å². The molecular weight excluding hydrogens is 275 g/mol. The van der Waals surface area contributed by atoms with Crippen LogP contribution in [-0.2, 0) is 11.6 Å². The number of hydrogen-bond donors (Lipinski definition) is 1. The Balaban J connectivity index is 2.25. The van der Waals surface area contributed by atoms with Crippen molar-refractivity contribution in [1.82, 2.24) is 5.32 Å². The number of hydrogen-bond acceptors (Lipinski definition) is 1. The molecule has 0 atom stereocenters. The number of rotatable bonds is 5. The highest BCUT2D eigenvalue weighted by Crippen LogP contribution is 2.49. The van der Waals surface area contributed by atoms with E-state index < -0.39 is 11.7 Å². The zero-order valence-corrected chi connectivity index (χ0v) is 12.9. The predicted octanol–water partition coefficient (Wildman–Crippen LogP) is 4.76. The molecule has 0 unspecified atom stereocenters. The van der Waals surface area contributed by atoms with Gasteiger partial charge in [0.05, 0.1) is 5.56 Å². The molecule has 2 rings (SSSR count). The van der Waals surface area contributed by atoms with Crippen molar-refractivity contribution in [3.63, 3.8) is 0 Å². The normalized spacial score (nSPS) is 26.0. The van der Waals surface area contributed by atoms with Crippen LogP contribution >= 0.6 is 0 Å². The standard InChI is InChI=1S/C17H24F3N/c1-4-13-9-16(10-13,11-21-12(2)3)14-6-5-7-15(8-14)17(18,19)20/h5-8,12-13,21H,4,9-11H2,1-3H3. The zero-order valence-electron chi connectivity index (χ0n) is 12.9. The third-order valence-corrected chi connectivity index (χ3v) is 4.59. The summed E-state index contributed by atoms with van der Waals surface area (Å²) in [5.74, 6) is 0.633. The molecule has 1 saturated carbocycles. The Labute approximate surface area is 124 Å². The molecule has 0 bridgehead atoms. The van der Waals surface area contributed by atoms with E-state index in [9.17, 15) is 13.2 Å². The molecule has 118 valence electrons. The Kier molecular flexibility index (Phi) is 4.66. The van der Waals surface area contributed by atoms with Crippen molar-refractivity contribution in [2.45, 2.75) is 57.7 Å². The molecule has 0 aromatic heterocycles. The van der Waals surface area contributed by atoms with Crippen molar-refractivity contribution < 1.29 is 13.2 Å². The molecular formula is C17H24F3N. The summed E-state index contributed by atoms with van der Waals surface area (Å²) >= 11 is 0. The number of nitrogens with one attached hydrogen (secondary N) is 1. The van der Waals surface area contributed by atoms with Crippen LogP contribution in [0.3, 0.4) is 0 Å². The largest absolute Gasteiger partial charge is 0.416 e. The summed E-state index contributed by atoms with van der Waals surface area (Å²) in [6.07, 6.45) is -1.21. The highest BCUT2D eigenvalue weighted by Gasteiger charge is 2.45. The van der Waals surface area contributed by atoms with E-state index in [0.717, 1.165) is 37.4 Å². The van der Waals surface area contributed by atoms with Crippen molar-refractivity contribution >= 4 is 0 Å². The molecule has 0 saturated heterocycles. The minimum Gasteiger partial charge on any atom is -0.314 e. The van der Waals surface area contributed by atoms with Gasteiger partial charge in [0.1, 0.15) is 0 Å². The molecule has 1 aromatic rings. The lowest BCUT2D eigenvalue weighted by Crippen LogP contribution is -2.49. The fourth-order valence-electron chi connectivity index (χ4n) is 3.24. The minimum absolute atomic E-state index is 0.133. The van der Waals surface area contributed by atoms with Gasteiger partial charge in [0, 0.05) is 18.0 Å². The summed E-state index contributed by atoms with van der Waals surface area (Å²) in [5.41, 5.74) is 0.158. The molecule has 0 aliphatic heterocycles. The first-order valence-corrected chi connectivity index (χ1v) is 7.68. The number of halogens is 3. The van der Waals surface area contributed by atoms with E-state index >= 15 is 0 Å². The SMILES string of the molecule is CCC1CC(CNC(C)C)(c2cccc(C(F)(F)F)c2)C1. The van der Waals surface area contributed by atoms with E-state index in [-0.39, 0.29) is 5.41 Å². The van der Waals surface area contributed by atoms with Crippen LogP contribution in [-0.4, -0.2) is 12.6 Å². The summed E-state index contributed by atoms with van der Waals surface area (Å²) in [6, 6.07) is 6.22. The Bertz CT molecular complexity index is 473.